The highest BCUT2D eigenvalue weighted by atomic mass is 16.5. The second-order valence-electron chi connectivity index (χ2n) is 7.84. The highest BCUT2D eigenvalue weighted by Gasteiger charge is 2.22. The highest BCUT2D eigenvalue weighted by Crippen LogP contribution is 2.24. The quantitative estimate of drug-likeness (QED) is 0.692. The third-order valence-corrected chi connectivity index (χ3v) is 5.48. The van der Waals surface area contributed by atoms with Crippen molar-refractivity contribution in [1.29, 1.82) is 0 Å². The lowest BCUT2D eigenvalue weighted by Crippen LogP contribution is -2.37. The maximum absolute atomic E-state index is 13.1. The maximum atomic E-state index is 13.1. The number of nitrogens with zero attached hydrogens (tertiary/aromatic N) is 6. The van der Waals surface area contributed by atoms with Crippen LogP contribution in [0.5, 0.6) is 0 Å². The average molecular weight is 429 g/mol. The zero-order chi connectivity index (χ0) is 22.1. The van der Waals surface area contributed by atoms with Crippen LogP contribution in [0, 0.1) is 0 Å². The van der Waals surface area contributed by atoms with Crippen molar-refractivity contribution < 1.29 is 14.3 Å². The van der Waals surface area contributed by atoms with Gasteiger partial charge in [0, 0.05) is 51.9 Å². The van der Waals surface area contributed by atoms with Gasteiger partial charge in [-0.05, 0) is 38.1 Å². The van der Waals surface area contributed by atoms with Crippen molar-refractivity contribution in [2.75, 3.05) is 51.8 Å². The van der Waals surface area contributed by atoms with E-state index in [4.69, 9.17) is 4.74 Å². The fourth-order valence-electron chi connectivity index (χ4n) is 3.79. The molecule has 3 rings (SSSR count). The molecule has 9 nitrogen and oxygen atoms in total. The van der Waals surface area contributed by atoms with Crippen molar-refractivity contribution >= 4 is 17.5 Å². The summed E-state index contributed by atoms with van der Waals surface area (Å²) in [6.45, 7) is 4.10. The van der Waals surface area contributed by atoms with Gasteiger partial charge in [0.05, 0.1) is 0 Å². The van der Waals surface area contributed by atoms with Crippen molar-refractivity contribution in [1.82, 2.24) is 24.6 Å². The molecule has 31 heavy (non-hydrogen) atoms. The van der Waals surface area contributed by atoms with Gasteiger partial charge in [0.25, 0.3) is 5.91 Å². The molecule has 0 fully saturated rings. The van der Waals surface area contributed by atoms with E-state index in [2.05, 4.69) is 22.0 Å². The number of benzene rings is 1. The molecule has 9 heteroatoms. The third-order valence-electron chi connectivity index (χ3n) is 5.48. The predicted molar refractivity (Wildman–Crippen MR) is 117 cm³/mol. The predicted octanol–water partition coefficient (Wildman–Crippen LogP) is 1.40. The van der Waals surface area contributed by atoms with Gasteiger partial charge in [0.15, 0.2) is 0 Å². The van der Waals surface area contributed by atoms with Crippen molar-refractivity contribution in [2.24, 2.45) is 0 Å². The Hall–Kier alpha value is -2.78. The number of hydrogen-bond acceptors (Lipinski definition) is 6. The molecule has 0 saturated heterocycles. The minimum absolute atomic E-state index is 0.0368. The minimum atomic E-state index is -0.0671. The molecule has 1 aromatic carbocycles. The van der Waals surface area contributed by atoms with Gasteiger partial charge in [-0.3, -0.25) is 14.3 Å². The molecule has 1 aromatic heterocycles. The van der Waals surface area contributed by atoms with Crippen LogP contribution >= 0.6 is 0 Å². The summed E-state index contributed by atoms with van der Waals surface area (Å²) in [4.78, 5) is 35.7. The Bertz CT molecular complexity index is 842. The van der Waals surface area contributed by atoms with Gasteiger partial charge in [-0.15, -0.1) is 0 Å². The summed E-state index contributed by atoms with van der Waals surface area (Å²) in [5, 5.41) is 4.09. The molecule has 2 amide bonds. The first-order valence-corrected chi connectivity index (χ1v) is 10.7. The van der Waals surface area contributed by atoms with E-state index in [1.807, 2.05) is 29.2 Å². The van der Waals surface area contributed by atoms with Crippen LogP contribution < -0.4 is 4.90 Å². The van der Waals surface area contributed by atoms with Crippen molar-refractivity contribution in [2.45, 2.75) is 32.4 Å². The molecule has 1 aliphatic rings. The topological polar surface area (TPSA) is 83.8 Å². The fourth-order valence-corrected chi connectivity index (χ4v) is 3.79. The van der Waals surface area contributed by atoms with Gasteiger partial charge in [-0.2, -0.15) is 5.10 Å². The molecule has 168 valence electrons. The number of hydrogen-bond donors (Lipinski definition) is 0. The maximum Gasteiger partial charge on any atom is 0.252 e. The van der Waals surface area contributed by atoms with Crippen LogP contribution in [0.2, 0.25) is 0 Å². The zero-order valence-electron chi connectivity index (χ0n) is 18.4. The highest BCUT2D eigenvalue weighted by molar-refractivity contribution is 5.95. The normalized spacial score (nSPS) is 15.9. The molecule has 0 N–H and O–H groups in total. The number of para-hydroxylation sites is 1. The van der Waals surface area contributed by atoms with Crippen LogP contribution in [0.4, 0.5) is 5.69 Å². The summed E-state index contributed by atoms with van der Waals surface area (Å²) in [6, 6.07) is 7.84. The third kappa shape index (κ3) is 6.60. The van der Waals surface area contributed by atoms with E-state index < -0.39 is 0 Å². The minimum Gasteiger partial charge on any atom is -0.375 e. The van der Waals surface area contributed by atoms with Crippen molar-refractivity contribution in [3.8, 4) is 0 Å². The van der Waals surface area contributed by atoms with E-state index in [0.717, 1.165) is 30.8 Å². The van der Waals surface area contributed by atoms with E-state index in [1.165, 1.54) is 13.4 Å². The van der Waals surface area contributed by atoms with Crippen molar-refractivity contribution in [3.05, 3.63) is 42.5 Å². The molecule has 0 unspecified atom stereocenters. The number of carbonyl (C=O) groups excluding carboxylic acids is 2. The second kappa shape index (κ2) is 11.6. The Balaban J connectivity index is 1.77. The zero-order valence-corrected chi connectivity index (χ0v) is 18.4. The molecule has 2 aromatic rings. The number of fused-ring (bicyclic) bond motifs is 1. The number of ether oxygens (including phenoxy) is 1. The molecule has 1 aliphatic heterocycles. The number of methoxy groups -OCH3 is 1. The van der Waals surface area contributed by atoms with Gasteiger partial charge in [-0.25, -0.2) is 4.98 Å². The first kappa shape index (κ1) is 22.9. The van der Waals surface area contributed by atoms with E-state index >= 15 is 0 Å². The summed E-state index contributed by atoms with van der Waals surface area (Å²) in [5.41, 5.74) is 1.83. The van der Waals surface area contributed by atoms with E-state index in [9.17, 15) is 9.59 Å². The summed E-state index contributed by atoms with van der Waals surface area (Å²) in [7, 11) is 3.59. The lowest BCUT2D eigenvalue weighted by atomic mass is 10.1. The molecular weight excluding hydrogens is 396 g/mol. The van der Waals surface area contributed by atoms with Crippen LogP contribution in [-0.4, -0.2) is 83.3 Å². The molecule has 2 heterocycles. The molecule has 0 spiro atoms. The summed E-state index contributed by atoms with van der Waals surface area (Å²) in [5.74, 6) is 0.0416. The number of aromatic nitrogens is 3. The molecule has 0 aliphatic carbocycles. The Morgan fingerprint density at radius 1 is 1.10 bits per heavy atom. The molecule has 0 atom stereocenters. The molecule has 0 bridgehead atoms. The van der Waals surface area contributed by atoms with Gasteiger partial charge in [-0.1, -0.05) is 18.2 Å². The first-order valence-electron chi connectivity index (χ1n) is 10.7. The smallest absolute Gasteiger partial charge is 0.252 e. The largest absolute Gasteiger partial charge is 0.375 e. The first-order chi connectivity index (χ1) is 15.1. The standard InChI is InChI=1S/C22H32N6O3/c1-25-10-6-12-28(22(30)16-31-2)20-8-4-3-7-19(20)15-26(14-13-25)21(29)9-5-11-27-18-23-17-24-27/h3-4,7-8,17-18H,5-6,9-16H2,1-2H3. The lowest BCUT2D eigenvalue weighted by Gasteiger charge is -2.28. The number of carbonyl (C=O) groups is 2. The molecule has 0 saturated carbocycles. The van der Waals surface area contributed by atoms with E-state index in [-0.39, 0.29) is 18.4 Å². The number of anilines is 1. The number of likely N-dealkylation sites (N-methyl/N-ethyl adjacent to an activating group) is 1. The lowest BCUT2D eigenvalue weighted by molar-refractivity contribution is -0.132. The summed E-state index contributed by atoms with van der Waals surface area (Å²) in [6.07, 6.45) is 5.16. The molecular formula is C22H32N6O3. The Morgan fingerprint density at radius 2 is 1.94 bits per heavy atom. The van der Waals surface area contributed by atoms with Crippen LogP contribution in [-0.2, 0) is 27.4 Å². The summed E-state index contributed by atoms with van der Waals surface area (Å²) < 4.78 is 6.84. The number of rotatable bonds is 6. The van der Waals surface area contributed by atoms with Gasteiger partial charge >= 0.3 is 0 Å². The summed E-state index contributed by atoms with van der Waals surface area (Å²) >= 11 is 0. The second-order valence-corrected chi connectivity index (χ2v) is 7.84. The van der Waals surface area contributed by atoms with E-state index in [0.29, 0.717) is 39.0 Å². The van der Waals surface area contributed by atoms with Crippen molar-refractivity contribution in [3.63, 3.8) is 0 Å². The average Bonchev–Trinajstić information content (AvgIpc) is 3.27. The Morgan fingerprint density at radius 3 is 2.71 bits per heavy atom. The van der Waals surface area contributed by atoms with Crippen LogP contribution in [0.15, 0.2) is 36.9 Å². The molecule has 0 radical (unpaired) electrons. The van der Waals surface area contributed by atoms with Crippen LogP contribution in [0.25, 0.3) is 0 Å². The van der Waals surface area contributed by atoms with Gasteiger partial charge in [0.1, 0.15) is 19.3 Å². The SMILES string of the molecule is COCC(=O)N1CCCN(C)CCN(C(=O)CCCn2cncn2)Cc2ccccc21. The Kier molecular flexibility index (Phi) is 8.54. The van der Waals surface area contributed by atoms with Gasteiger partial charge < -0.3 is 19.4 Å². The monoisotopic (exact) mass is 428 g/mol. The Labute approximate surface area is 183 Å². The fraction of sp³-hybridized carbons (Fsp3) is 0.545. The van der Waals surface area contributed by atoms with Gasteiger partial charge in [0.2, 0.25) is 5.91 Å². The number of amides is 2. The van der Waals surface area contributed by atoms with Crippen LogP contribution in [0.3, 0.4) is 0 Å². The number of aryl methyl sites for hydroxylation is 1. The van der Waals surface area contributed by atoms with Crippen LogP contribution in [0.1, 0.15) is 24.8 Å². The van der Waals surface area contributed by atoms with E-state index in [1.54, 1.807) is 15.9 Å².